The minimum atomic E-state index is -0.665. The summed E-state index contributed by atoms with van der Waals surface area (Å²) >= 11 is 1.32. The topological polar surface area (TPSA) is 73.2 Å². The lowest BCUT2D eigenvalue weighted by molar-refractivity contribution is -0.144. The Hall–Kier alpha value is -2.28. The molecule has 0 aliphatic heterocycles. The number of carbonyl (C=O) groups excluding carboxylic acids is 2. The summed E-state index contributed by atoms with van der Waals surface area (Å²) in [4.78, 5) is 27.6. The largest absolute Gasteiger partial charge is 0.467 e. The minimum Gasteiger partial charge on any atom is -0.467 e. The normalized spacial score (nSPS) is 11.8. The SMILES string of the molecule is COC(=O)[C@H](C)NC(=O)CSc1nccn1-c1cc(C)cc(C)c1. The molecule has 128 valence electrons. The molecule has 0 fully saturated rings. The predicted molar refractivity (Wildman–Crippen MR) is 93.4 cm³/mol. The maximum Gasteiger partial charge on any atom is 0.328 e. The summed E-state index contributed by atoms with van der Waals surface area (Å²) in [6.07, 6.45) is 3.57. The van der Waals surface area contributed by atoms with Crippen molar-refractivity contribution < 1.29 is 14.3 Å². The highest BCUT2D eigenvalue weighted by Gasteiger charge is 2.16. The van der Waals surface area contributed by atoms with Crippen LogP contribution in [0, 0.1) is 13.8 Å². The van der Waals surface area contributed by atoms with Crippen LogP contribution >= 0.6 is 11.8 Å². The molecular formula is C17H21N3O3S. The van der Waals surface area contributed by atoms with E-state index in [2.05, 4.69) is 33.2 Å². The van der Waals surface area contributed by atoms with Crippen molar-refractivity contribution in [2.24, 2.45) is 0 Å². The van der Waals surface area contributed by atoms with E-state index in [1.54, 1.807) is 13.1 Å². The predicted octanol–water partition coefficient (Wildman–Crippen LogP) is 2.26. The average molecular weight is 347 g/mol. The van der Waals surface area contributed by atoms with Crippen molar-refractivity contribution in [3.8, 4) is 5.69 Å². The first kappa shape index (κ1) is 18.1. The van der Waals surface area contributed by atoms with Crippen molar-refractivity contribution >= 4 is 23.6 Å². The quantitative estimate of drug-likeness (QED) is 0.641. The first-order valence-corrected chi connectivity index (χ1v) is 8.51. The summed E-state index contributed by atoms with van der Waals surface area (Å²) in [5, 5.41) is 3.32. The van der Waals surface area contributed by atoms with E-state index in [0.717, 1.165) is 10.8 Å². The number of nitrogens with one attached hydrogen (secondary N) is 1. The van der Waals surface area contributed by atoms with Gasteiger partial charge in [-0.2, -0.15) is 0 Å². The maximum atomic E-state index is 11.9. The molecule has 1 N–H and O–H groups in total. The maximum absolute atomic E-state index is 11.9. The number of thioether (sulfide) groups is 1. The van der Waals surface area contributed by atoms with Gasteiger partial charge in [-0.1, -0.05) is 17.8 Å². The Morgan fingerprint density at radius 1 is 1.29 bits per heavy atom. The van der Waals surface area contributed by atoms with Gasteiger partial charge in [0.1, 0.15) is 6.04 Å². The van der Waals surface area contributed by atoms with Gasteiger partial charge in [-0.25, -0.2) is 9.78 Å². The Morgan fingerprint density at radius 3 is 2.58 bits per heavy atom. The highest BCUT2D eigenvalue weighted by Crippen LogP contribution is 2.22. The Balaban J connectivity index is 2.03. The van der Waals surface area contributed by atoms with Crippen molar-refractivity contribution in [1.82, 2.24) is 14.9 Å². The van der Waals surface area contributed by atoms with Crippen LogP contribution in [0.25, 0.3) is 5.69 Å². The fourth-order valence-electron chi connectivity index (χ4n) is 2.33. The zero-order valence-corrected chi connectivity index (χ0v) is 15.0. The molecule has 0 saturated carbocycles. The molecule has 1 atom stereocenters. The second-order valence-corrected chi connectivity index (χ2v) is 6.47. The Kier molecular flexibility index (Phi) is 6.03. The van der Waals surface area contributed by atoms with Gasteiger partial charge in [0.15, 0.2) is 5.16 Å². The third-order valence-corrected chi connectivity index (χ3v) is 4.32. The van der Waals surface area contributed by atoms with Gasteiger partial charge < -0.3 is 10.1 Å². The Morgan fingerprint density at radius 2 is 1.96 bits per heavy atom. The molecule has 0 radical (unpaired) electrons. The number of imidazole rings is 1. The summed E-state index contributed by atoms with van der Waals surface area (Å²) in [6, 6.07) is 5.58. The van der Waals surface area contributed by atoms with Crippen LogP contribution in [-0.4, -0.2) is 40.3 Å². The molecule has 7 heteroatoms. The van der Waals surface area contributed by atoms with Crippen LogP contribution in [0.3, 0.4) is 0 Å². The number of nitrogens with zero attached hydrogens (tertiary/aromatic N) is 2. The zero-order valence-electron chi connectivity index (χ0n) is 14.2. The van der Waals surface area contributed by atoms with E-state index in [9.17, 15) is 9.59 Å². The van der Waals surface area contributed by atoms with Gasteiger partial charge in [-0.3, -0.25) is 9.36 Å². The number of aryl methyl sites for hydroxylation is 2. The van der Waals surface area contributed by atoms with E-state index in [1.165, 1.54) is 30.0 Å². The lowest BCUT2D eigenvalue weighted by Gasteiger charge is -2.12. The monoisotopic (exact) mass is 347 g/mol. The van der Waals surface area contributed by atoms with Crippen LogP contribution in [0.1, 0.15) is 18.1 Å². The number of carbonyl (C=O) groups is 2. The van der Waals surface area contributed by atoms with Crippen LogP contribution in [0.4, 0.5) is 0 Å². The third kappa shape index (κ3) is 4.61. The molecule has 0 saturated heterocycles. The summed E-state index contributed by atoms with van der Waals surface area (Å²) in [6.45, 7) is 5.68. The summed E-state index contributed by atoms with van der Waals surface area (Å²) in [5.74, 6) is -0.540. The number of methoxy groups -OCH3 is 1. The van der Waals surface area contributed by atoms with Gasteiger partial charge in [0.05, 0.1) is 12.9 Å². The Labute approximate surface area is 145 Å². The summed E-state index contributed by atoms with van der Waals surface area (Å²) in [5.41, 5.74) is 3.34. The lowest BCUT2D eigenvalue weighted by atomic mass is 10.1. The number of amides is 1. The number of rotatable bonds is 6. The van der Waals surface area contributed by atoms with Crippen LogP contribution < -0.4 is 5.32 Å². The van der Waals surface area contributed by atoms with E-state index in [1.807, 2.05) is 24.6 Å². The molecule has 1 aromatic heterocycles. The fourth-order valence-corrected chi connectivity index (χ4v) is 3.12. The van der Waals surface area contributed by atoms with Gasteiger partial charge in [0.2, 0.25) is 5.91 Å². The summed E-state index contributed by atoms with van der Waals surface area (Å²) in [7, 11) is 1.29. The molecule has 0 spiro atoms. The lowest BCUT2D eigenvalue weighted by Crippen LogP contribution is -2.40. The molecule has 0 aliphatic carbocycles. The molecule has 0 bridgehead atoms. The standard InChI is InChI=1S/C17H21N3O3S/c1-11-7-12(2)9-14(8-11)20-6-5-18-17(20)24-10-15(21)19-13(3)16(22)23-4/h5-9,13H,10H2,1-4H3,(H,19,21)/t13-/m0/s1. The number of aromatic nitrogens is 2. The van der Waals surface area contributed by atoms with E-state index in [-0.39, 0.29) is 11.7 Å². The first-order valence-electron chi connectivity index (χ1n) is 7.52. The average Bonchev–Trinajstić information content (AvgIpc) is 2.99. The number of hydrogen-bond donors (Lipinski definition) is 1. The number of hydrogen-bond acceptors (Lipinski definition) is 5. The van der Waals surface area contributed by atoms with Gasteiger partial charge in [0, 0.05) is 18.1 Å². The smallest absolute Gasteiger partial charge is 0.328 e. The van der Waals surface area contributed by atoms with E-state index < -0.39 is 12.0 Å². The molecule has 0 unspecified atom stereocenters. The molecule has 1 heterocycles. The molecule has 6 nitrogen and oxygen atoms in total. The molecule has 2 aromatic rings. The molecule has 2 rings (SSSR count). The van der Waals surface area contributed by atoms with Crippen molar-refractivity contribution in [3.05, 3.63) is 41.7 Å². The number of esters is 1. The van der Waals surface area contributed by atoms with E-state index in [0.29, 0.717) is 0 Å². The van der Waals surface area contributed by atoms with Crippen molar-refractivity contribution in [3.63, 3.8) is 0 Å². The molecular weight excluding hydrogens is 326 g/mol. The summed E-state index contributed by atoms with van der Waals surface area (Å²) < 4.78 is 6.53. The van der Waals surface area contributed by atoms with Crippen molar-refractivity contribution in [2.45, 2.75) is 32.0 Å². The van der Waals surface area contributed by atoms with Gasteiger partial charge in [-0.15, -0.1) is 0 Å². The highest BCUT2D eigenvalue weighted by atomic mass is 32.2. The van der Waals surface area contributed by atoms with Gasteiger partial charge >= 0.3 is 5.97 Å². The number of ether oxygens (including phenoxy) is 1. The third-order valence-electron chi connectivity index (χ3n) is 3.36. The molecule has 24 heavy (non-hydrogen) atoms. The second kappa shape index (κ2) is 8.01. The second-order valence-electron chi connectivity index (χ2n) is 5.53. The van der Waals surface area contributed by atoms with Crippen LogP contribution in [0.2, 0.25) is 0 Å². The zero-order chi connectivity index (χ0) is 17.7. The van der Waals surface area contributed by atoms with Gasteiger partial charge in [-0.05, 0) is 44.0 Å². The molecule has 1 aromatic carbocycles. The minimum absolute atomic E-state index is 0.170. The number of benzene rings is 1. The van der Waals surface area contributed by atoms with Crippen molar-refractivity contribution in [2.75, 3.05) is 12.9 Å². The van der Waals surface area contributed by atoms with Crippen LogP contribution in [0.15, 0.2) is 35.7 Å². The molecule has 0 aliphatic rings. The molecule has 1 amide bonds. The fraction of sp³-hybridized carbons (Fsp3) is 0.353. The van der Waals surface area contributed by atoms with Crippen molar-refractivity contribution in [1.29, 1.82) is 0 Å². The first-order chi connectivity index (χ1) is 11.4. The van der Waals surface area contributed by atoms with E-state index >= 15 is 0 Å². The van der Waals surface area contributed by atoms with E-state index in [4.69, 9.17) is 0 Å². The Bertz CT molecular complexity index is 722. The van der Waals surface area contributed by atoms with Crippen LogP contribution in [-0.2, 0) is 14.3 Å². The van der Waals surface area contributed by atoms with Crippen LogP contribution in [0.5, 0.6) is 0 Å². The highest BCUT2D eigenvalue weighted by molar-refractivity contribution is 7.99. The van der Waals surface area contributed by atoms with Gasteiger partial charge in [0.25, 0.3) is 0 Å².